The van der Waals surface area contributed by atoms with Gasteiger partial charge in [-0.2, -0.15) is 0 Å². The van der Waals surface area contributed by atoms with Crippen molar-refractivity contribution < 1.29 is 9.59 Å². The molecular weight excluding hydrogens is 144 g/mol. The number of piperazine rings is 1. The zero-order valence-electron chi connectivity index (χ0n) is 6.31. The van der Waals surface area contributed by atoms with Crippen LogP contribution in [0, 0.1) is 0 Å². The normalized spacial score (nSPS) is 21.4. The number of carbonyl (C=O) groups is 2. The summed E-state index contributed by atoms with van der Waals surface area (Å²) >= 11 is 0. The topological polar surface area (TPSA) is 58.2 Å². The highest BCUT2D eigenvalue weighted by Gasteiger charge is 2.17. The maximum atomic E-state index is 10.9. The number of amides is 2. The van der Waals surface area contributed by atoms with E-state index in [-0.39, 0.29) is 18.4 Å². The van der Waals surface area contributed by atoms with Gasteiger partial charge >= 0.3 is 0 Å². The van der Waals surface area contributed by atoms with E-state index in [0.29, 0.717) is 5.70 Å². The van der Waals surface area contributed by atoms with E-state index in [1.165, 1.54) is 0 Å². The van der Waals surface area contributed by atoms with Crippen LogP contribution in [0.3, 0.4) is 0 Å². The van der Waals surface area contributed by atoms with Gasteiger partial charge in [0.05, 0.1) is 6.54 Å². The summed E-state index contributed by atoms with van der Waals surface area (Å²) in [5.74, 6) is -0.365. The van der Waals surface area contributed by atoms with E-state index in [0.717, 1.165) is 6.42 Å². The molecule has 4 nitrogen and oxygen atoms in total. The Balaban J connectivity index is 2.69. The van der Waals surface area contributed by atoms with Crippen LogP contribution in [0.2, 0.25) is 0 Å². The molecule has 1 rings (SSSR count). The molecule has 0 spiro atoms. The van der Waals surface area contributed by atoms with Gasteiger partial charge in [-0.05, 0) is 6.42 Å². The third kappa shape index (κ3) is 1.80. The molecule has 60 valence electrons. The van der Waals surface area contributed by atoms with Crippen LogP contribution in [-0.2, 0) is 9.59 Å². The molecule has 1 saturated heterocycles. The molecule has 0 saturated carbocycles. The van der Waals surface area contributed by atoms with Crippen LogP contribution in [0.4, 0.5) is 0 Å². The van der Waals surface area contributed by atoms with Crippen molar-refractivity contribution in [2.75, 3.05) is 6.54 Å². The minimum atomic E-state index is -0.202. The van der Waals surface area contributed by atoms with Gasteiger partial charge < -0.3 is 10.6 Å². The third-order valence-electron chi connectivity index (χ3n) is 1.34. The monoisotopic (exact) mass is 154 g/mol. The van der Waals surface area contributed by atoms with Gasteiger partial charge in [0.25, 0.3) is 5.91 Å². The third-order valence-corrected chi connectivity index (χ3v) is 1.34. The van der Waals surface area contributed by atoms with Crippen LogP contribution in [0.5, 0.6) is 0 Å². The van der Waals surface area contributed by atoms with Crippen molar-refractivity contribution in [3.05, 3.63) is 11.8 Å². The maximum Gasteiger partial charge on any atom is 0.267 e. The smallest absolute Gasteiger partial charge is 0.267 e. The number of nitrogens with one attached hydrogen (secondary N) is 2. The molecule has 4 heteroatoms. The first-order valence-electron chi connectivity index (χ1n) is 3.52. The summed E-state index contributed by atoms with van der Waals surface area (Å²) in [5, 5.41) is 4.92. The second-order valence-electron chi connectivity index (χ2n) is 2.26. The van der Waals surface area contributed by atoms with Gasteiger partial charge in [-0.1, -0.05) is 13.0 Å². The molecule has 2 N–H and O–H groups in total. The summed E-state index contributed by atoms with van der Waals surface area (Å²) in [6.45, 7) is 1.99. The average Bonchev–Trinajstić information content (AvgIpc) is 1.98. The van der Waals surface area contributed by atoms with Crippen molar-refractivity contribution in [2.24, 2.45) is 0 Å². The lowest BCUT2D eigenvalue weighted by Crippen LogP contribution is -2.47. The Morgan fingerprint density at radius 1 is 1.55 bits per heavy atom. The molecule has 0 radical (unpaired) electrons. The lowest BCUT2D eigenvalue weighted by molar-refractivity contribution is -0.127. The highest BCUT2D eigenvalue weighted by atomic mass is 16.2. The van der Waals surface area contributed by atoms with Crippen molar-refractivity contribution in [3.63, 3.8) is 0 Å². The molecule has 11 heavy (non-hydrogen) atoms. The van der Waals surface area contributed by atoms with E-state index < -0.39 is 0 Å². The second-order valence-corrected chi connectivity index (χ2v) is 2.26. The zero-order valence-corrected chi connectivity index (χ0v) is 6.31. The lowest BCUT2D eigenvalue weighted by atomic mass is 10.3. The van der Waals surface area contributed by atoms with Crippen molar-refractivity contribution in [2.45, 2.75) is 13.3 Å². The molecule has 0 atom stereocenters. The van der Waals surface area contributed by atoms with Gasteiger partial charge in [0.2, 0.25) is 5.91 Å². The lowest BCUT2D eigenvalue weighted by Gasteiger charge is -2.15. The van der Waals surface area contributed by atoms with Gasteiger partial charge in [-0.15, -0.1) is 0 Å². The molecule has 0 aromatic heterocycles. The SMILES string of the molecule is CC/C=C1/NC(=O)CNC1=O. The summed E-state index contributed by atoms with van der Waals surface area (Å²) in [7, 11) is 0. The van der Waals surface area contributed by atoms with Crippen molar-refractivity contribution in [3.8, 4) is 0 Å². The fraction of sp³-hybridized carbons (Fsp3) is 0.429. The van der Waals surface area contributed by atoms with Gasteiger partial charge in [0.1, 0.15) is 5.70 Å². The molecule has 1 aliphatic rings. The van der Waals surface area contributed by atoms with E-state index in [9.17, 15) is 9.59 Å². The Labute approximate surface area is 64.7 Å². The Morgan fingerprint density at radius 3 is 2.91 bits per heavy atom. The maximum absolute atomic E-state index is 10.9. The van der Waals surface area contributed by atoms with E-state index >= 15 is 0 Å². The van der Waals surface area contributed by atoms with Crippen molar-refractivity contribution >= 4 is 11.8 Å². The van der Waals surface area contributed by atoms with E-state index in [4.69, 9.17) is 0 Å². The largest absolute Gasteiger partial charge is 0.342 e. The second kappa shape index (κ2) is 3.18. The van der Waals surface area contributed by atoms with Crippen molar-refractivity contribution in [1.29, 1.82) is 0 Å². The van der Waals surface area contributed by atoms with Crippen LogP contribution in [0.1, 0.15) is 13.3 Å². The van der Waals surface area contributed by atoms with Gasteiger partial charge in [0.15, 0.2) is 0 Å². The van der Waals surface area contributed by atoms with Crippen LogP contribution in [-0.4, -0.2) is 18.4 Å². The summed E-state index contributed by atoms with van der Waals surface area (Å²) < 4.78 is 0. The number of carbonyl (C=O) groups excluding carboxylic acids is 2. The Hall–Kier alpha value is -1.32. The zero-order chi connectivity index (χ0) is 8.27. The molecule has 1 heterocycles. The Bertz CT molecular complexity index is 220. The fourth-order valence-corrected chi connectivity index (χ4v) is 0.855. The predicted molar refractivity (Wildman–Crippen MR) is 39.5 cm³/mol. The highest BCUT2D eigenvalue weighted by molar-refractivity contribution is 6.02. The Morgan fingerprint density at radius 2 is 2.27 bits per heavy atom. The van der Waals surface area contributed by atoms with E-state index in [1.807, 2.05) is 6.92 Å². The first-order valence-corrected chi connectivity index (χ1v) is 3.52. The summed E-state index contributed by atoms with van der Waals surface area (Å²) in [6.07, 6.45) is 2.43. The number of allylic oxidation sites excluding steroid dienone is 1. The van der Waals surface area contributed by atoms with Crippen LogP contribution >= 0.6 is 0 Å². The quantitative estimate of drug-likeness (QED) is 0.501. The molecule has 1 aliphatic heterocycles. The van der Waals surface area contributed by atoms with Gasteiger partial charge in [0, 0.05) is 0 Å². The van der Waals surface area contributed by atoms with Gasteiger partial charge in [-0.25, -0.2) is 0 Å². The van der Waals surface area contributed by atoms with Crippen molar-refractivity contribution in [1.82, 2.24) is 10.6 Å². The molecule has 2 amide bonds. The van der Waals surface area contributed by atoms with Crippen LogP contribution in [0.25, 0.3) is 0 Å². The Kier molecular flexibility index (Phi) is 2.25. The molecule has 0 aromatic carbocycles. The fourth-order valence-electron chi connectivity index (χ4n) is 0.855. The highest BCUT2D eigenvalue weighted by Crippen LogP contribution is 1.95. The summed E-state index contributed by atoms with van der Waals surface area (Å²) in [5.41, 5.74) is 0.365. The minimum absolute atomic E-state index is 0.0832. The predicted octanol–water partition coefficient (Wildman–Crippen LogP) is -0.474. The molecule has 0 aliphatic carbocycles. The molecule has 0 bridgehead atoms. The number of rotatable bonds is 1. The van der Waals surface area contributed by atoms with Crippen LogP contribution < -0.4 is 10.6 Å². The van der Waals surface area contributed by atoms with E-state index in [2.05, 4.69) is 10.6 Å². The van der Waals surface area contributed by atoms with Gasteiger partial charge in [-0.3, -0.25) is 9.59 Å². The first kappa shape index (κ1) is 7.78. The summed E-state index contributed by atoms with van der Waals surface area (Å²) in [6, 6.07) is 0. The van der Waals surface area contributed by atoms with Crippen LogP contribution in [0.15, 0.2) is 11.8 Å². The number of hydrogen-bond donors (Lipinski definition) is 2. The van der Waals surface area contributed by atoms with E-state index in [1.54, 1.807) is 6.08 Å². The standard InChI is InChI=1S/C7H10N2O2/c1-2-3-5-7(11)8-4-6(10)9-5/h3H,2,4H2,1H3,(H,8,11)(H,9,10)/b5-3+. The first-order chi connectivity index (χ1) is 5.24. The molecular formula is C7H10N2O2. The number of hydrogen-bond acceptors (Lipinski definition) is 2. The molecule has 0 unspecified atom stereocenters. The average molecular weight is 154 g/mol. The molecule has 1 fully saturated rings. The minimum Gasteiger partial charge on any atom is -0.342 e. The summed E-state index contributed by atoms with van der Waals surface area (Å²) in [4.78, 5) is 21.7. The molecule has 0 aromatic rings.